The Hall–Kier alpha value is -2.97. The van der Waals surface area contributed by atoms with E-state index in [1.165, 1.54) is 6.42 Å². The Morgan fingerprint density at radius 3 is 2.67 bits per heavy atom. The first-order valence-corrected chi connectivity index (χ1v) is 10.7. The Balaban J connectivity index is 1.33. The molecule has 2 aliphatic heterocycles. The monoisotopic (exact) mass is 410 g/mol. The van der Waals surface area contributed by atoms with Crippen LogP contribution in [0.3, 0.4) is 0 Å². The van der Waals surface area contributed by atoms with Crippen molar-refractivity contribution in [2.24, 2.45) is 13.0 Å². The van der Waals surface area contributed by atoms with Gasteiger partial charge in [-0.05, 0) is 18.9 Å². The largest absolute Gasteiger partial charge is 0.349 e. The maximum Gasteiger partial charge on any atom is 0.285 e. The minimum atomic E-state index is -0.480. The highest BCUT2D eigenvalue weighted by molar-refractivity contribution is 5.94. The van der Waals surface area contributed by atoms with E-state index >= 15 is 0 Å². The number of likely N-dealkylation sites (tertiary alicyclic amines) is 1. The fourth-order valence-electron chi connectivity index (χ4n) is 5.13. The molecule has 2 amide bonds. The number of aromatic nitrogens is 4. The summed E-state index contributed by atoms with van der Waals surface area (Å²) in [7, 11) is 1.75. The third-order valence-corrected chi connectivity index (χ3v) is 6.74. The molecule has 9 nitrogen and oxygen atoms in total. The Bertz CT molecular complexity index is 1050. The summed E-state index contributed by atoms with van der Waals surface area (Å²) in [6.45, 7) is 1.79. The van der Waals surface area contributed by atoms with Gasteiger partial charge < -0.3 is 14.8 Å². The average molecular weight is 410 g/mol. The molecule has 0 radical (unpaired) electrons. The zero-order chi connectivity index (χ0) is 20.8. The van der Waals surface area contributed by atoms with Gasteiger partial charge in [-0.15, -0.1) is 0 Å². The number of aryl methyl sites for hydroxylation is 1. The van der Waals surface area contributed by atoms with Crippen molar-refractivity contribution in [3.05, 3.63) is 45.9 Å². The van der Waals surface area contributed by atoms with Gasteiger partial charge in [0.1, 0.15) is 17.1 Å². The molecule has 9 heteroatoms. The lowest BCUT2D eigenvalue weighted by molar-refractivity contribution is 0.0772. The highest BCUT2D eigenvalue weighted by Gasteiger charge is 2.43. The number of hydrogen-bond donors (Lipinski definition) is 1. The van der Waals surface area contributed by atoms with Crippen LogP contribution < -0.4 is 10.9 Å². The van der Waals surface area contributed by atoms with Gasteiger partial charge in [-0.1, -0.05) is 19.3 Å². The molecule has 5 rings (SSSR count). The maximum absolute atomic E-state index is 12.8. The van der Waals surface area contributed by atoms with E-state index in [4.69, 9.17) is 0 Å². The molecule has 0 bridgehead atoms. The zero-order valence-corrected chi connectivity index (χ0v) is 17.1. The van der Waals surface area contributed by atoms with E-state index in [1.807, 2.05) is 9.47 Å². The highest BCUT2D eigenvalue weighted by atomic mass is 16.2. The smallest absolute Gasteiger partial charge is 0.285 e. The fourth-order valence-corrected chi connectivity index (χ4v) is 5.13. The molecule has 3 aliphatic rings. The lowest BCUT2D eigenvalue weighted by Crippen LogP contribution is -2.39. The van der Waals surface area contributed by atoms with Gasteiger partial charge in [-0.3, -0.25) is 19.1 Å². The standard InChI is InChI=1S/C21H26N6O3/c1-25-17(7-8-22-25)21(30)27-10-13-9-26-12-16(20(29)24-18(26)15(13)11-27)19(28)23-14-5-3-2-4-6-14/h7-8,12-15H,2-6,9-11H2,1H3,(H,23,28)/t13-,15+/m0/s1. The average Bonchev–Trinajstić information content (AvgIpc) is 3.42. The first-order chi connectivity index (χ1) is 14.5. The number of nitrogens with zero attached hydrogens (tertiary/aromatic N) is 5. The Morgan fingerprint density at radius 2 is 1.93 bits per heavy atom. The first kappa shape index (κ1) is 19.0. The number of nitrogens with one attached hydrogen (secondary N) is 1. The van der Waals surface area contributed by atoms with Crippen LogP contribution in [0.25, 0.3) is 0 Å². The zero-order valence-electron chi connectivity index (χ0n) is 17.1. The molecule has 30 heavy (non-hydrogen) atoms. The molecule has 158 valence electrons. The van der Waals surface area contributed by atoms with Crippen molar-refractivity contribution in [2.45, 2.75) is 50.6 Å². The van der Waals surface area contributed by atoms with Gasteiger partial charge in [-0.2, -0.15) is 10.1 Å². The van der Waals surface area contributed by atoms with E-state index in [0.29, 0.717) is 31.2 Å². The van der Waals surface area contributed by atoms with Gasteiger partial charge in [0.25, 0.3) is 17.4 Å². The lowest BCUT2D eigenvalue weighted by atomic mass is 9.95. The van der Waals surface area contributed by atoms with E-state index in [1.54, 1.807) is 30.2 Å². The van der Waals surface area contributed by atoms with Gasteiger partial charge in [0.15, 0.2) is 0 Å². The van der Waals surface area contributed by atoms with Crippen LogP contribution in [0.15, 0.2) is 23.3 Å². The van der Waals surface area contributed by atoms with E-state index in [0.717, 1.165) is 25.7 Å². The Labute approximate surface area is 174 Å². The van der Waals surface area contributed by atoms with Crippen molar-refractivity contribution < 1.29 is 9.59 Å². The van der Waals surface area contributed by atoms with E-state index in [9.17, 15) is 14.4 Å². The molecule has 0 aromatic carbocycles. The molecule has 1 saturated carbocycles. The SMILES string of the molecule is Cn1nccc1C(=O)N1C[C@@H]2Cn3cc(C(=O)NC4CCCCC4)c(=O)nc3[C@@H]2C1. The Morgan fingerprint density at radius 1 is 1.13 bits per heavy atom. The van der Waals surface area contributed by atoms with E-state index in [-0.39, 0.29) is 35.3 Å². The fraction of sp³-hybridized carbons (Fsp3) is 0.571. The molecular weight excluding hydrogens is 384 g/mol. The number of fused-ring (bicyclic) bond motifs is 3. The van der Waals surface area contributed by atoms with Crippen molar-refractivity contribution in [1.82, 2.24) is 29.5 Å². The second kappa shape index (κ2) is 7.37. The molecule has 4 heterocycles. The molecule has 0 spiro atoms. The highest BCUT2D eigenvalue weighted by Crippen LogP contribution is 2.38. The number of carbonyl (C=O) groups is 2. The summed E-state index contributed by atoms with van der Waals surface area (Å²) >= 11 is 0. The van der Waals surface area contributed by atoms with Crippen molar-refractivity contribution >= 4 is 11.8 Å². The first-order valence-electron chi connectivity index (χ1n) is 10.7. The number of carbonyl (C=O) groups excluding carboxylic acids is 2. The van der Waals surface area contributed by atoms with Crippen molar-refractivity contribution in [1.29, 1.82) is 0 Å². The van der Waals surface area contributed by atoms with Crippen LogP contribution in [-0.2, 0) is 13.6 Å². The van der Waals surface area contributed by atoms with E-state index in [2.05, 4.69) is 15.4 Å². The summed E-state index contributed by atoms with van der Waals surface area (Å²) in [6, 6.07) is 1.86. The molecule has 1 aliphatic carbocycles. The van der Waals surface area contributed by atoms with Crippen LogP contribution >= 0.6 is 0 Å². The molecule has 2 fully saturated rings. The van der Waals surface area contributed by atoms with E-state index < -0.39 is 5.56 Å². The van der Waals surface area contributed by atoms with Gasteiger partial charge in [0.05, 0.1) is 0 Å². The molecule has 2 atom stereocenters. The summed E-state index contributed by atoms with van der Waals surface area (Å²) in [5.41, 5.74) is 0.189. The normalized spacial score (nSPS) is 23.3. The Kier molecular flexibility index (Phi) is 4.67. The molecule has 2 aromatic rings. The van der Waals surface area contributed by atoms with Crippen molar-refractivity contribution in [2.75, 3.05) is 13.1 Å². The topological polar surface area (TPSA) is 102 Å². The van der Waals surface area contributed by atoms with Crippen LogP contribution in [-0.4, -0.2) is 55.2 Å². The number of hydrogen-bond acceptors (Lipinski definition) is 5. The molecule has 0 unspecified atom stereocenters. The minimum Gasteiger partial charge on any atom is -0.349 e. The summed E-state index contributed by atoms with van der Waals surface area (Å²) in [4.78, 5) is 44.2. The van der Waals surface area contributed by atoms with Crippen molar-refractivity contribution in [3.63, 3.8) is 0 Å². The van der Waals surface area contributed by atoms with Crippen LogP contribution in [0.4, 0.5) is 0 Å². The third kappa shape index (κ3) is 3.22. The van der Waals surface area contributed by atoms with Gasteiger partial charge >= 0.3 is 0 Å². The molecule has 1 saturated heterocycles. The predicted molar refractivity (Wildman–Crippen MR) is 108 cm³/mol. The van der Waals surface area contributed by atoms with Gasteiger partial charge in [0.2, 0.25) is 0 Å². The summed E-state index contributed by atoms with van der Waals surface area (Å²) < 4.78 is 3.50. The van der Waals surface area contributed by atoms with Gasteiger partial charge in [0, 0.05) is 57.0 Å². The summed E-state index contributed by atoms with van der Waals surface area (Å²) in [5.74, 6) is 0.525. The molecule has 1 N–H and O–H groups in total. The second-order valence-electron chi connectivity index (χ2n) is 8.70. The van der Waals surface area contributed by atoms with Crippen LogP contribution in [0, 0.1) is 5.92 Å². The lowest BCUT2D eigenvalue weighted by Gasteiger charge is -2.22. The maximum atomic E-state index is 12.8. The second-order valence-corrected chi connectivity index (χ2v) is 8.70. The van der Waals surface area contributed by atoms with Crippen LogP contribution in [0.2, 0.25) is 0 Å². The van der Waals surface area contributed by atoms with Crippen LogP contribution in [0.5, 0.6) is 0 Å². The summed E-state index contributed by atoms with van der Waals surface area (Å²) in [6.07, 6.45) is 8.65. The number of rotatable bonds is 3. The van der Waals surface area contributed by atoms with Crippen LogP contribution in [0.1, 0.15) is 64.7 Å². The third-order valence-electron chi connectivity index (χ3n) is 6.74. The van der Waals surface area contributed by atoms with Gasteiger partial charge in [-0.25, -0.2) is 0 Å². The number of amides is 2. The molecule has 2 aromatic heterocycles. The minimum absolute atomic E-state index is 0.0188. The molecular formula is C21H26N6O3. The quantitative estimate of drug-likeness (QED) is 0.810. The predicted octanol–water partition coefficient (Wildman–Crippen LogP) is 0.909. The van der Waals surface area contributed by atoms with Crippen molar-refractivity contribution in [3.8, 4) is 0 Å². The summed E-state index contributed by atoms with van der Waals surface area (Å²) in [5, 5.41) is 7.08.